The minimum atomic E-state index is 0. The third-order valence-electron chi connectivity index (χ3n) is 5.47. The highest BCUT2D eigenvalue weighted by molar-refractivity contribution is 5.85. The summed E-state index contributed by atoms with van der Waals surface area (Å²) >= 11 is 0. The number of aryl methyl sites for hydroxylation is 1. The molecular formula is C17H23ClN2O2. The zero-order chi connectivity index (χ0) is 14.4. The van der Waals surface area contributed by atoms with E-state index in [1.807, 2.05) is 24.3 Å². The van der Waals surface area contributed by atoms with Crippen molar-refractivity contribution in [3.05, 3.63) is 29.8 Å². The molecule has 2 N–H and O–H groups in total. The van der Waals surface area contributed by atoms with Gasteiger partial charge in [-0.15, -0.1) is 12.4 Å². The largest absolute Gasteiger partial charge is 0.399 e. The maximum atomic E-state index is 12.4. The molecular weight excluding hydrogens is 300 g/mol. The van der Waals surface area contributed by atoms with Gasteiger partial charge in [0.25, 0.3) is 0 Å². The highest BCUT2D eigenvalue weighted by atomic mass is 35.5. The summed E-state index contributed by atoms with van der Waals surface area (Å²) in [6.07, 6.45) is 4.51. The zero-order valence-electron chi connectivity index (χ0n) is 12.6. The molecule has 3 saturated heterocycles. The van der Waals surface area contributed by atoms with Gasteiger partial charge in [0.15, 0.2) is 0 Å². The highest BCUT2D eigenvalue weighted by Gasteiger charge is 2.53. The van der Waals surface area contributed by atoms with Gasteiger partial charge in [-0.05, 0) is 30.9 Å². The number of ether oxygens (including phenoxy) is 1. The van der Waals surface area contributed by atoms with Gasteiger partial charge in [0, 0.05) is 37.0 Å². The van der Waals surface area contributed by atoms with Crippen LogP contribution in [0.1, 0.15) is 24.8 Å². The molecule has 1 amide bonds. The Labute approximate surface area is 137 Å². The summed E-state index contributed by atoms with van der Waals surface area (Å²) in [6, 6.07) is 7.81. The van der Waals surface area contributed by atoms with Crippen LogP contribution in [-0.2, 0) is 16.0 Å². The number of hydrogen-bond donors (Lipinski definition) is 1. The van der Waals surface area contributed by atoms with E-state index in [9.17, 15) is 4.79 Å². The molecule has 0 saturated carbocycles. The minimum absolute atomic E-state index is 0. The lowest BCUT2D eigenvalue weighted by molar-refractivity contribution is -0.130. The molecule has 120 valence electrons. The first-order valence-electron chi connectivity index (χ1n) is 7.99. The van der Waals surface area contributed by atoms with Crippen LogP contribution in [0.3, 0.4) is 0 Å². The molecule has 4 nitrogen and oxygen atoms in total. The van der Waals surface area contributed by atoms with E-state index in [2.05, 4.69) is 4.90 Å². The van der Waals surface area contributed by atoms with Crippen LogP contribution in [0.25, 0.3) is 0 Å². The van der Waals surface area contributed by atoms with Crippen LogP contribution in [0.4, 0.5) is 5.69 Å². The second kappa shape index (κ2) is 6.09. The first-order valence-corrected chi connectivity index (χ1v) is 7.99. The predicted octanol–water partition coefficient (Wildman–Crippen LogP) is 2.26. The Morgan fingerprint density at radius 1 is 1.18 bits per heavy atom. The number of nitrogens with zero attached hydrogens (tertiary/aromatic N) is 1. The normalized spacial score (nSPS) is 31.9. The number of carbonyl (C=O) groups is 1. The Balaban J connectivity index is 0.00000144. The van der Waals surface area contributed by atoms with Crippen LogP contribution in [0.15, 0.2) is 24.3 Å². The Morgan fingerprint density at radius 3 is 2.45 bits per heavy atom. The predicted molar refractivity (Wildman–Crippen MR) is 87.9 cm³/mol. The SMILES string of the molecule is Cl.Nc1ccccc1CCC(=O)N1CC2C3CCC(O3)C2C1. The molecule has 0 aromatic heterocycles. The molecule has 0 spiro atoms. The van der Waals surface area contributed by atoms with Crippen LogP contribution >= 0.6 is 12.4 Å². The van der Waals surface area contributed by atoms with Crippen molar-refractivity contribution in [1.29, 1.82) is 0 Å². The molecule has 1 aromatic carbocycles. The third kappa shape index (κ3) is 2.59. The van der Waals surface area contributed by atoms with E-state index >= 15 is 0 Å². The summed E-state index contributed by atoms with van der Waals surface area (Å²) in [6.45, 7) is 1.80. The van der Waals surface area contributed by atoms with Gasteiger partial charge in [0.1, 0.15) is 0 Å². The Hall–Kier alpha value is -1.26. The first kappa shape index (κ1) is 15.6. The van der Waals surface area contributed by atoms with Gasteiger partial charge in [-0.25, -0.2) is 0 Å². The fraction of sp³-hybridized carbons (Fsp3) is 0.588. The monoisotopic (exact) mass is 322 g/mol. The summed E-state index contributed by atoms with van der Waals surface area (Å²) < 4.78 is 5.96. The lowest BCUT2D eigenvalue weighted by atomic mass is 9.82. The van der Waals surface area contributed by atoms with Crippen molar-refractivity contribution in [3.8, 4) is 0 Å². The molecule has 4 unspecified atom stereocenters. The summed E-state index contributed by atoms with van der Waals surface area (Å²) in [7, 11) is 0. The van der Waals surface area contributed by atoms with Gasteiger partial charge in [-0.2, -0.15) is 0 Å². The Bertz CT molecular complexity index is 547. The first-order chi connectivity index (χ1) is 10.2. The molecule has 3 aliphatic heterocycles. The lowest BCUT2D eigenvalue weighted by Crippen LogP contribution is -2.31. The molecule has 22 heavy (non-hydrogen) atoms. The molecule has 3 fully saturated rings. The minimum Gasteiger partial charge on any atom is -0.399 e. The molecule has 3 aliphatic rings. The van der Waals surface area contributed by atoms with Crippen LogP contribution in [0.5, 0.6) is 0 Å². The molecule has 0 aliphatic carbocycles. The number of nitrogen functional groups attached to an aromatic ring is 1. The van der Waals surface area contributed by atoms with Crippen molar-refractivity contribution in [1.82, 2.24) is 4.90 Å². The topological polar surface area (TPSA) is 55.6 Å². The average Bonchev–Trinajstić information content (AvgIpc) is 3.18. The van der Waals surface area contributed by atoms with Crippen LogP contribution in [0.2, 0.25) is 0 Å². The van der Waals surface area contributed by atoms with E-state index in [1.54, 1.807) is 0 Å². The van der Waals surface area contributed by atoms with Crippen LogP contribution in [-0.4, -0.2) is 36.1 Å². The molecule has 0 radical (unpaired) electrons. The van der Waals surface area contributed by atoms with Gasteiger partial charge in [0.2, 0.25) is 5.91 Å². The number of hydrogen-bond acceptors (Lipinski definition) is 3. The Kier molecular flexibility index (Phi) is 4.33. The van der Waals surface area contributed by atoms with E-state index in [0.717, 1.165) is 30.8 Å². The van der Waals surface area contributed by atoms with Gasteiger partial charge in [-0.1, -0.05) is 18.2 Å². The van der Waals surface area contributed by atoms with Crippen molar-refractivity contribution in [2.75, 3.05) is 18.8 Å². The maximum Gasteiger partial charge on any atom is 0.222 e. The molecule has 1 aromatic rings. The molecule has 3 heterocycles. The number of rotatable bonds is 3. The Morgan fingerprint density at radius 2 is 1.82 bits per heavy atom. The molecule has 2 bridgehead atoms. The number of carbonyl (C=O) groups excluding carboxylic acids is 1. The summed E-state index contributed by atoms with van der Waals surface area (Å²) in [5.41, 5.74) is 7.80. The van der Waals surface area contributed by atoms with Crippen LogP contribution < -0.4 is 5.73 Å². The number of anilines is 1. The number of halogens is 1. The van der Waals surface area contributed by atoms with Crippen molar-refractivity contribution in [2.45, 2.75) is 37.9 Å². The zero-order valence-corrected chi connectivity index (χ0v) is 13.4. The quantitative estimate of drug-likeness (QED) is 0.868. The number of nitrogens with two attached hydrogens (primary N) is 1. The maximum absolute atomic E-state index is 12.4. The molecule has 5 heteroatoms. The van der Waals surface area contributed by atoms with Gasteiger partial charge < -0.3 is 15.4 Å². The van der Waals surface area contributed by atoms with E-state index in [1.165, 1.54) is 12.8 Å². The fourth-order valence-electron chi connectivity index (χ4n) is 4.33. The van der Waals surface area contributed by atoms with Gasteiger partial charge in [0.05, 0.1) is 12.2 Å². The third-order valence-corrected chi connectivity index (χ3v) is 5.47. The number of benzene rings is 1. The van der Waals surface area contributed by atoms with Crippen molar-refractivity contribution >= 4 is 24.0 Å². The van der Waals surface area contributed by atoms with Gasteiger partial charge >= 0.3 is 0 Å². The van der Waals surface area contributed by atoms with Crippen LogP contribution in [0, 0.1) is 11.8 Å². The molecule has 4 atom stereocenters. The second-order valence-corrected chi connectivity index (χ2v) is 6.62. The van der Waals surface area contributed by atoms with E-state index in [0.29, 0.717) is 30.5 Å². The number of para-hydroxylation sites is 1. The van der Waals surface area contributed by atoms with Crippen molar-refractivity contribution < 1.29 is 9.53 Å². The number of fused-ring (bicyclic) bond motifs is 5. The smallest absolute Gasteiger partial charge is 0.222 e. The highest BCUT2D eigenvalue weighted by Crippen LogP contribution is 2.47. The second-order valence-electron chi connectivity index (χ2n) is 6.62. The lowest BCUT2D eigenvalue weighted by Gasteiger charge is -2.19. The standard InChI is InChI=1S/C17H22N2O2.ClH/c18-14-4-2-1-3-11(14)5-8-17(20)19-9-12-13(10-19)16-7-6-15(12)21-16;/h1-4,12-13,15-16H,5-10,18H2;1H. The summed E-state index contributed by atoms with van der Waals surface area (Å²) in [5.74, 6) is 1.45. The van der Waals surface area contributed by atoms with Gasteiger partial charge in [-0.3, -0.25) is 4.79 Å². The summed E-state index contributed by atoms with van der Waals surface area (Å²) in [5, 5.41) is 0. The van der Waals surface area contributed by atoms with E-state index in [-0.39, 0.29) is 18.3 Å². The summed E-state index contributed by atoms with van der Waals surface area (Å²) in [4.78, 5) is 14.5. The fourth-order valence-corrected chi connectivity index (χ4v) is 4.33. The number of likely N-dealkylation sites (tertiary alicyclic amines) is 1. The average molecular weight is 323 g/mol. The number of amides is 1. The van der Waals surface area contributed by atoms with E-state index in [4.69, 9.17) is 10.5 Å². The van der Waals surface area contributed by atoms with Crippen molar-refractivity contribution in [2.24, 2.45) is 11.8 Å². The van der Waals surface area contributed by atoms with Crippen molar-refractivity contribution in [3.63, 3.8) is 0 Å². The molecule has 4 rings (SSSR count). The van der Waals surface area contributed by atoms with E-state index < -0.39 is 0 Å².